The van der Waals surface area contributed by atoms with Crippen molar-refractivity contribution in [3.05, 3.63) is 77.3 Å². The zero-order valence-electron chi connectivity index (χ0n) is 16.1. The van der Waals surface area contributed by atoms with E-state index in [9.17, 15) is 4.79 Å². The SMILES string of the molecule is CCOC(OCC)[C@@H]1C=CC(C(=O)Oc2ccccc2)[C@@H]1c1ccc(Cl)cc1. The van der Waals surface area contributed by atoms with Crippen molar-refractivity contribution >= 4 is 17.6 Å². The normalized spacial score (nSPS) is 21.2. The van der Waals surface area contributed by atoms with Crippen LogP contribution in [0.3, 0.4) is 0 Å². The van der Waals surface area contributed by atoms with E-state index in [-0.39, 0.29) is 17.8 Å². The fraction of sp³-hybridized carbons (Fsp3) is 0.348. The second kappa shape index (κ2) is 9.87. The summed E-state index contributed by atoms with van der Waals surface area (Å²) >= 11 is 6.07. The highest BCUT2D eigenvalue weighted by Gasteiger charge is 2.42. The van der Waals surface area contributed by atoms with E-state index in [1.165, 1.54) is 0 Å². The number of ether oxygens (including phenoxy) is 3. The first kappa shape index (κ1) is 20.6. The van der Waals surface area contributed by atoms with Gasteiger partial charge in [0.05, 0.1) is 5.92 Å². The Balaban J connectivity index is 1.88. The van der Waals surface area contributed by atoms with Gasteiger partial charge in [0.25, 0.3) is 0 Å². The maximum Gasteiger partial charge on any atom is 0.318 e. The molecule has 3 rings (SSSR count). The van der Waals surface area contributed by atoms with E-state index < -0.39 is 12.2 Å². The summed E-state index contributed by atoms with van der Waals surface area (Å²) in [6.45, 7) is 4.93. The lowest BCUT2D eigenvalue weighted by molar-refractivity contribution is -0.163. The van der Waals surface area contributed by atoms with E-state index in [0.717, 1.165) is 5.56 Å². The van der Waals surface area contributed by atoms with Crippen LogP contribution in [0, 0.1) is 11.8 Å². The molecule has 0 saturated heterocycles. The summed E-state index contributed by atoms with van der Waals surface area (Å²) < 4.78 is 17.3. The van der Waals surface area contributed by atoms with E-state index in [0.29, 0.717) is 24.0 Å². The van der Waals surface area contributed by atoms with Crippen LogP contribution >= 0.6 is 11.6 Å². The van der Waals surface area contributed by atoms with Gasteiger partial charge in [-0.15, -0.1) is 0 Å². The Morgan fingerprint density at radius 1 is 0.964 bits per heavy atom. The second-order valence-corrected chi connectivity index (χ2v) is 7.02. The highest BCUT2D eigenvalue weighted by Crippen LogP contribution is 2.43. The molecule has 28 heavy (non-hydrogen) atoms. The molecule has 2 aromatic carbocycles. The third kappa shape index (κ3) is 4.82. The van der Waals surface area contributed by atoms with Crippen LogP contribution in [0.5, 0.6) is 5.75 Å². The van der Waals surface area contributed by atoms with Crippen LogP contribution in [0.4, 0.5) is 0 Å². The number of halogens is 1. The zero-order chi connectivity index (χ0) is 19.9. The summed E-state index contributed by atoms with van der Waals surface area (Å²) in [5, 5.41) is 0.654. The molecular weight excluding hydrogens is 376 g/mol. The number of para-hydroxylation sites is 1. The molecule has 0 amide bonds. The molecule has 3 atom stereocenters. The molecule has 0 radical (unpaired) electrons. The summed E-state index contributed by atoms with van der Waals surface area (Å²) in [4.78, 5) is 13.0. The van der Waals surface area contributed by atoms with E-state index in [1.807, 2.05) is 68.5 Å². The van der Waals surface area contributed by atoms with Gasteiger partial charge in [0.2, 0.25) is 0 Å². The van der Waals surface area contributed by atoms with Crippen molar-refractivity contribution in [3.8, 4) is 5.75 Å². The third-order valence-corrected chi connectivity index (χ3v) is 5.06. The van der Waals surface area contributed by atoms with Gasteiger partial charge in [-0.3, -0.25) is 4.79 Å². The van der Waals surface area contributed by atoms with Crippen molar-refractivity contribution in [1.29, 1.82) is 0 Å². The molecule has 1 aliphatic carbocycles. The van der Waals surface area contributed by atoms with Gasteiger partial charge in [-0.05, 0) is 43.7 Å². The summed E-state index contributed by atoms with van der Waals surface area (Å²) in [7, 11) is 0. The number of hydrogen-bond donors (Lipinski definition) is 0. The van der Waals surface area contributed by atoms with Crippen LogP contribution < -0.4 is 4.74 Å². The van der Waals surface area contributed by atoms with Gasteiger partial charge in [-0.1, -0.05) is 54.1 Å². The first-order valence-corrected chi connectivity index (χ1v) is 9.95. The Kier molecular flexibility index (Phi) is 7.26. The van der Waals surface area contributed by atoms with Crippen molar-refractivity contribution in [2.45, 2.75) is 26.1 Å². The molecule has 0 bridgehead atoms. The smallest absolute Gasteiger partial charge is 0.318 e. The minimum absolute atomic E-state index is 0.102. The number of carbonyl (C=O) groups is 1. The minimum atomic E-state index is -0.435. The predicted molar refractivity (Wildman–Crippen MR) is 109 cm³/mol. The predicted octanol–water partition coefficient (Wildman–Crippen LogP) is 5.23. The summed E-state index contributed by atoms with van der Waals surface area (Å²) in [6, 6.07) is 16.7. The Hall–Kier alpha value is -2.14. The molecule has 1 aliphatic rings. The molecule has 1 unspecified atom stereocenters. The van der Waals surface area contributed by atoms with E-state index >= 15 is 0 Å². The standard InChI is InChI=1S/C23H25ClO4/c1-3-26-23(27-4-2)20-15-14-19(21(20)16-10-12-17(24)13-11-16)22(25)28-18-8-6-5-7-9-18/h5-15,19-21,23H,3-4H2,1-2H3/t19?,20-,21+/m1/s1. The summed E-state index contributed by atoms with van der Waals surface area (Å²) in [5.74, 6) is -0.456. The molecule has 0 saturated carbocycles. The first-order valence-electron chi connectivity index (χ1n) is 9.57. The van der Waals surface area contributed by atoms with Crippen LogP contribution in [0.25, 0.3) is 0 Å². The maximum atomic E-state index is 13.0. The number of rotatable bonds is 8. The molecule has 0 aliphatic heterocycles. The molecule has 5 heteroatoms. The van der Waals surface area contributed by atoms with Crippen molar-refractivity contribution in [2.24, 2.45) is 11.8 Å². The summed E-state index contributed by atoms with van der Waals surface area (Å²) in [5.41, 5.74) is 0.999. The molecule has 148 valence electrons. The average Bonchev–Trinajstić information content (AvgIpc) is 3.14. The summed E-state index contributed by atoms with van der Waals surface area (Å²) in [6.07, 6.45) is 3.48. The Morgan fingerprint density at radius 3 is 2.21 bits per heavy atom. The van der Waals surface area contributed by atoms with E-state index in [1.54, 1.807) is 12.1 Å². The number of benzene rings is 2. The van der Waals surface area contributed by atoms with Crippen LogP contribution in [-0.4, -0.2) is 25.5 Å². The van der Waals surface area contributed by atoms with Gasteiger partial charge in [-0.2, -0.15) is 0 Å². The zero-order valence-corrected chi connectivity index (χ0v) is 16.8. The maximum absolute atomic E-state index is 13.0. The first-order chi connectivity index (χ1) is 13.6. The number of hydrogen-bond acceptors (Lipinski definition) is 4. The van der Waals surface area contributed by atoms with Crippen molar-refractivity contribution in [2.75, 3.05) is 13.2 Å². The van der Waals surface area contributed by atoms with Crippen LogP contribution in [0.15, 0.2) is 66.7 Å². The number of esters is 1. The van der Waals surface area contributed by atoms with Gasteiger partial charge < -0.3 is 14.2 Å². The van der Waals surface area contributed by atoms with Crippen LogP contribution in [-0.2, 0) is 14.3 Å². The molecular formula is C23H25ClO4. The van der Waals surface area contributed by atoms with Gasteiger partial charge in [0.1, 0.15) is 5.75 Å². The molecule has 2 aromatic rings. The topological polar surface area (TPSA) is 44.8 Å². The van der Waals surface area contributed by atoms with Gasteiger partial charge >= 0.3 is 5.97 Å². The molecule has 0 heterocycles. The average molecular weight is 401 g/mol. The monoisotopic (exact) mass is 400 g/mol. The number of carbonyl (C=O) groups excluding carboxylic acids is 1. The lowest BCUT2D eigenvalue weighted by Gasteiger charge is -2.30. The quantitative estimate of drug-likeness (QED) is 0.263. The Bertz CT molecular complexity index is 782. The second-order valence-electron chi connectivity index (χ2n) is 6.58. The fourth-order valence-corrected chi connectivity index (χ4v) is 3.72. The van der Waals surface area contributed by atoms with E-state index in [4.69, 9.17) is 25.8 Å². The fourth-order valence-electron chi connectivity index (χ4n) is 3.60. The molecule has 0 fully saturated rings. The van der Waals surface area contributed by atoms with Crippen LogP contribution in [0.1, 0.15) is 25.3 Å². The molecule has 0 spiro atoms. The van der Waals surface area contributed by atoms with Gasteiger partial charge in [0.15, 0.2) is 6.29 Å². The van der Waals surface area contributed by atoms with Crippen molar-refractivity contribution in [3.63, 3.8) is 0 Å². The largest absolute Gasteiger partial charge is 0.426 e. The van der Waals surface area contributed by atoms with E-state index in [2.05, 4.69) is 0 Å². The lowest BCUT2D eigenvalue weighted by Crippen LogP contribution is -2.33. The highest BCUT2D eigenvalue weighted by atomic mass is 35.5. The third-order valence-electron chi connectivity index (χ3n) is 4.81. The van der Waals surface area contributed by atoms with Crippen LogP contribution in [0.2, 0.25) is 5.02 Å². The Labute approximate surface area is 171 Å². The van der Waals surface area contributed by atoms with Crippen molar-refractivity contribution in [1.82, 2.24) is 0 Å². The Morgan fingerprint density at radius 2 is 1.61 bits per heavy atom. The van der Waals surface area contributed by atoms with Gasteiger partial charge in [0, 0.05) is 30.1 Å². The molecule has 4 nitrogen and oxygen atoms in total. The minimum Gasteiger partial charge on any atom is -0.426 e. The molecule has 0 N–H and O–H groups in total. The highest BCUT2D eigenvalue weighted by molar-refractivity contribution is 6.30. The van der Waals surface area contributed by atoms with Crippen molar-refractivity contribution < 1.29 is 19.0 Å². The molecule has 0 aromatic heterocycles. The van der Waals surface area contributed by atoms with Gasteiger partial charge in [-0.25, -0.2) is 0 Å². The lowest BCUT2D eigenvalue weighted by atomic mass is 9.81.